The molecule has 2 aromatic heterocycles. The van der Waals surface area contributed by atoms with Gasteiger partial charge in [0.2, 0.25) is 11.9 Å². The lowest BCUT2D eigenvalue weighted by molar-refractivity contribution is -0.120. The van der Waals surface area contributed by atoms with Gasteiger partial charge in [-0.15, -0.1) is 0 Å². The first-order valence-corrected chi connectivity index (χ1v) is 9.24. The first-order valence-electron chi connectivity index (χ1n) is 9.24. The van der Waals surface area contributed by atoms with Crippen molar-refractivity contribution in [1.82, 2.24) is 25.1 Å². The molecule has 2 atom stereocenters. The zero-order valence-electron chi connectivity index (χ0n) is 16.1. The van der Waals surface area contributed by atoms with Gasteiger partial charge in [0, 0.05) is 49.8 Å². The van der Waals surface area contributed by atoms with Crippen molar-refractivity contribution in [3.8, 4) is 0 Å². The van der Waals surface area contributed by atoms with E-state index in [1.807, 2.05) is 33.2 Å². The number of carbonyl (C=O) groups excluding carboxylic acids is 1. The van der Waals surface area contributed by atoms with Crippen molar-refractivity contribution in [2.45, 2.75) is 46.1 Å². The van der Waals surface area contributed by atoms with Crippen LogP contribution in [0.3, 0.4) is 0 Å². The maximum atomic E-state index is 12.4. The molecule has 1 aliphatic heterocycles. The lowest BCUT2D eigenvalue weighted by Gasteiger charge is -2.38. The predicted octanol–water partition coefficient (Wildman–Crippen LogP) is 1.79. The van der Waals surface area contributed by atoms with E-state index >= 15 is 0 Å². The molecule has 2 aromatic rings. The van der Waals surface area contributed by atoms with Gasteiger partial charge in [-0.1, -0.05) is 6.92 Å². The Kier molecular flexibility index (Phi) is 5.54. The highest BCUT2D eigenvalue weighted by Crippen LogP contribution is 2.25. The van der Waals surface area contributed by atoms with E-state index in [0.717, 1.165) is 42.3 Å². The normalized spacial score (nSPS) is 20.2. The minimum absolute atomic E-state index is 0.0319. The second kappa shape index (κ2) is 7.85. The maximum Gasteiger partial charge on any atom is 0.225 e. The van der Waals surface area contributed by atoms with Crippen LogP contribution in [0.25, 0.3) is 0 Å². The van der Waals surface area contributed by atoms with E-state index in [2.05, 4.69) is 32.2 Å². The number of nitrogens with one attached hydrogen (secondary N) is 1. The Hall–Kier alpha value is -2.44. The average Bonchev–Trinajstić information content (AvgIpc) is 2.90. The van der Waals surface area contributed by atoms with E-state index in [1.165, 1.54) is 0 Å². The number of anilines is 1. The Morgan fingerprint density at radius 1 is 1.38 bits per heavy atom. The summed E-state index contributed by atoms with van der Waals surface area (Å²) in [5.74, 6) is 1.43. The first-order chi connectivity index (χ1) is 12.4. The van der Waals surface area contributed by atoms with Crippen molar-refractivity contribution in [1.29, 1.82) is 0 Å². The topological polar surface area (TPSA) is 75.9 Å². The highest BCUT2D eigenvalue weighted by Gasteiger charge is 2.28. The van der Waals surface area contributed by atoms with Crippen LogP contribution in [0.4, 0.5) is 5.95 Å². The third kappa shape index (κ3) is 4.39. The van der Waals surface area contributed by atoms with Gasteiger partial charge in [0.25, 0.3) is 0 Å². The fourth-order valence-corrected chi connectivity index (χ4v) is 3.57. The molecule has 1 N–H and O–H groups in total. The molecule has 0 bridgehead atoms. The molecule has 0 saturated carbocycles. The van der Waals surface area contributed by atoms with Gasteiger partial charge in [-0.3, -0.25) is 9.48 Å². The smallest absolute Gasteiger partial charge is 0.225 e. The van der Waals surface area contributed by atoms with Crippen LogP contribution < -0.4 is 10.2 Å². The van der Waals surface area contributed by atoms with Crippen LogP contribution in [0.1, 0.15) is 36.7 Å². The molecule has 1 aliphatic rings. The largest absolute Gasteiger partial charge is 0.354 e. The van der Waals surface area contributed by atoms with Crippen LogP contribution in [0.5, 0.6) is 0 Å². The van der Waals surface area contributed by atoms with Crippen LogP contribution in [0.2, 0.25) is 0 Å². The zero-order chi connectivity index (χ0) is 18.7. The van der Waals surface area contributed by atoms with Gasteiger partial charge in [-0.2, -0.15) is 5.10 Å². The van der Waals surface area contributed by atoms with Crippen LogP contribution in [-0.4, -0.2) is 44.8 Å². The molecular weight excluding hydrogens is 328 g/mol. The van der Waals surface area contributed by atoms with Gasteiger partial charge in [-0.05, 0) is 38.7 Å². The molecule has 7 heteroatoms. The predicted molar refractivity (Wildman–Crippen MR) is 101 cm³/mol. The lowest BCUT2D eigenvalue weighted by Crippen LogP contribution is -2.49. The van der Waals surface area contributed by atoms with Crippen LogP contribution in [0.15, 0.2) is 18.5 Å². The fourth-order valence-electron chi connectivity index (χ4n) is 3.57. The average molecular weight is 356 g/mol. The van der Waals surface area contributed by atoms with Crippen molar-refractivity contribution < 1.29 is 4.79 Å². The van der Waals surface area contributed by atoms with E-state index in [4.69, 9.17) is 0 Å². The number of aromatic nitrogens is 4. The molecule has 0 aliphatic carbocycles. The number of hydrogen-bond acceptors (Lipinski definition) is 5. The van der Waals surface area contributed by atoms with E-state index < -0.39 is 0 Å². The third-order valence-electron chi connectivity index (χ3n) is 5.02. The molecule has 1 fully saturated rings. The second-order valence-electron chi connectivity index (χ2n) is 7.37. The molecule has 26 heavy (non-hydrogen) atoms. The molecule has 1 saturated heterocycles. The molecule has 3 rings (SSSR count). The summed E-state index contributed by atoms with van der Waals surface area (Å²) in [6, 6.07) is 2.13. The quantitative estimate of drug-likeness (QED) is 0.884. The second-order valence-corrected chi connectivity index (χ2v) is 7.37. The monoisotopic (exact) mass is 356 g/mol. The van der Waals surface area contributed by atoms with Gasteiger partial charge < -0.3 is 10.2 Å². The van der Waals surface area contributed by atoms with Crippen molar-refractivity contribution in [3.63, 3.8) is 0 Å². The van der Waals surface area contributed by atoms with Gasteiger partial charge >= 0.3 is 0 Å². The molecule has 0 radical (unpaired) electrons. The third-order valence-corrected chi connectivity index (χ3v) is 5.02. The summed E-state index contributed by atoms with van der Waals surface area (Å²) in [5.41, 5.74) is 2.84. The first kappa shape index (κ1) is 18.4. The van der Waals surface area contributed by atoms with Crippen LogP contribution in [0, 0.1) is 19.8 Å². The van der Waals surface area contributed by atoms with Crippen molar-refractivity contribution in [2.24, 2.45) is 13.0 Å². The van der Waals surface area contributed by atoms with Crippen molar-refractivity contribution in [2.75, 3.05) is 18.0 Å². The van der Waals surface area contributed by atoms with E-state index in [0.29, 0.717) is 18.9 Å². The molecule has 140 valence electrons. The number of aryl methyl sites for hydroxylation is 3. The van der Waals surface area contributed by atoms with Crippen molar-refractivity contribution in [3.05, 3.63) is 35.4 Å². The zero-order valence-corrected chi connectivity index (χ0v) is 16.1. The number of piperidine rings is 1. The number of nitrogens with zero attached hydrogens (tertiary/aromatic N) is 5. The minimum Gasteiger partial charge on any atom is -0.354 e. The summed E-state index contributed by atoms with van der Waals surface area (Å²) < 4.78 is 1.75. The molecule has 0 aromatic carbocycles. The standard InChI is InChI=1S/C19H28N6O/c1-13-6-8-25(19-20-7-5-14(2)22-19)17(9-13)11-21-18(26)10-16-12-24(4)23-15(16)3/h5,7,12-13,17H,6,8-11H2,1-4H3,(H,21,26)/t13-,17+/m1/s1. The summed E-state index contributed by atoms with van der Waals surface area (Å²) in [4.78, 5) is 23.6. The summed E-state index contributed by atoms with van der Waals surface area (Å²) in [6.45, 7) is 7.71. The Bertz CT molecular complexity index is 771. The summed E-state index contributed by atoms with van der Waals surface area (Å²) in [6.07, 6.45) is 6.23. The van der Waals surface area contributed by atoms with Crippen molar-refractivity contribution >= 4 is 11.9 Å². The minimum atomic E-state index is 0.0319. The van der Waals surface area contributed by atoms with Gasteiger partial charge in [0.1, 0.15) is 0 Å². The Balaban J connectivity index is 1.63. The molecule has 1 amide bonds. The molecule has 3 heterocycles. The summed E-state index contributed by atoms with van der Waals surface area (Å²) in [5, 5.41) is 7.39. The number of carbonyl (C=O) groups is 1. The van der Waals surface area contributed by atoms with Gasteiger partial charge in [-0.25, -0.2) is 9.97 Å². The van der Waals surface area contributed by atoms with E-state index in [9.17, 15) is 4.79 Å². The highest BCUT2D eigenvalue weighted by molar-refractivity contribution is 5.78. The van der Waals surface area contributed by atoms with Gasteiger partial charge in [0.15, 0.2) is 0 Å². The lowest BCUT2D eigenvalue weighted by atomic mass is 9.92. The number of rotatable bonds is 5. The van der Waals surface area contributed by atoms with Gasteiger partial charge in [0.05, 0.1) is 12.1 Å². The SMILES string of the molecule is Cc1ccnc(N2CC[C@@H](C)C[C@H]2CNC(=O)Cc2cn(C)nc2C)n1. The summed E-state index contributed by atoms with van der Waals surface area (Å²) >= 11 is 0. The number of amides is 1. The molecule has 7 nitrogen and oxygen atoms in total. The molecular formula is C19H28N6O. The fraction of sp³-hybridized carbons (Fsp3) is 0.579. The van der Waals surface area contributed by atoms with Crippen LogP contribution >= 0.6 is 0 Å². The van der Waals surface area contributed by atoms with Crippen LogP contribution in [-0.2, 0) is 18.3 Å². The Morgan fingerprint density at radius 3 is 2.88 bits per heavy atom. The Labute approximate surface area is 154 Å². The highest BCUT2D eigenvalue weighted by atomic mass is 16.1. The molecule has 0 unspecified atom stereocenters. The maximum absolute atomic E-state index is 12.4. The van der Waals surface area contributed by atoms with E-state index in [1.54, 1.807) is 10.9 Å². The Morgan fingerprint density at radius 2 is 2.19 bits per heavy atom. The number of hydrogen-bond donors (Lipinski definition) is 1. The molecule has 0 spiro atoms. The summed E-state index contributed by atoms with van der Waals surface area (Å²) in [7, 11) is 1.87. The van der Waals surface area contributed by atoms with E-state index in [-0.39, 0.29) is 11.9 Å².